The largest absolute Gasteiger partial charge is 0.254 e. The molecule has 0 bridgehead atoms. The Kier molecular flexibility index (Phi) is 5.73. The third-order valence-corrected chi connectivity index (χ3v) is 8.57. The Balaban J connectivity index is 1.59. The van der Waals surface area contributed by atoms with Gasteiger partial charge in [-0.15, -0.1) is 0 Å². The molecule has 42 heavy (non-hydrogen) atoms. The maximum atomic E-state index is 7.01. The van der Waals surface area contributed by atoms with Crippen LogP contribution in [0.15, 0.2) is 146 Å². The van der Waals surface area contributed by atoms with Crippen LogP contribution < -0.4 is 0 Å². The lowest BCUT2D eigenvalue weighted by Crippen LogP contribution is -2.31. The van der Waals surface area contributed by atoms with Gasteiger partial charge in [0.2, 0.25) is 0 Å². The van der Waals surface area contributed by atoms with Gasteiger partial charge in [-0.2, -0.15) is 0 Å². The minimum atomic E-state index is -0.770. The van der Waals surface area contributed by atoms with Crippen LogP contribution in [0.4, 0.5) is 0 Å². The van der Waals surface area contributed by atoms with Gasteiger partial charge >= 0.3 is 0 Å². The molecule has 2 aromatic heterocycles. The van der Waals surface area contributed by atoms with E-state index in [1.165, 1.54) is 0 Å². The van der Waals surface area contributed by atoms with Crippen LogP contribution in [-0.4, -0.2) is 15.0 Å². The van der Waals surface area contributed by atoms with Crippen LogP contribution in [0.3, 0.4) is 0 Å². The minimum absolute atomic E-state index is 0.722. The van der Waals surface area contributed by atoms with Crippen molar-refractivity contribution in [2.24, 2.45) is 0 Å². The molecule has 1 unspecified atom stereocenters. The van der Waals surface area contributed by atoms with E-state index in [0.717, 1.165) is 72.1 Å². The van der Waals surface area contributed by atoms with E-state index in [4.69, 9.17) is 26.6 Å². The fraction of sp³-hybridized carbons (Fsp3) is 0.0263. The van der Waals surface area contributed by atoms with Crippen LogP contribution in [0.5, 0.6) is 0 Å². The third kappa shape index (κ3) is 3.57. The highest BCUT2D eigenvalue weighted by Gasteiger charge is 2.49. The molecule has 1 aliphatic rings. The summed E-state index contributed by atoms with van der Waals surface area (Å²) in [5.41, 5.74) is 10.8. The van der Waals surface area contributed by atoms with Gasteiger partial charge in [-0.05, 0) is 34.4 Å². The Labute approximate surface area is 249 Å². The molecule has 7 aromatic rings. The second-order valence-electron chi connectivity index (χ2n) is 10.5. The Hall–Kier alpha value is -5.12. The summed E-state index contributed by atoms with van der Waals surface area (Å²) >= 11 is 7.01. The van der Waals surface area contributed by atoms with Gasteiger partial charge in [0.1, 0.15) is 5.52 Å². The molecule has 1 aliphatic carbocycles. The Morgan fingerprint density at radius 3 is 1.88 bits per heavy atom. The number of fused-ring (bicyclic) bond motifs is 4. The van der Waals surface area contributed by atoms with E-state index in [1.54, 1.807) is 0 Å². The first-order valence-corrected chi connectivity index (χ1v) is 14.4. The van der Waals surface area contributed by atoms with E-state index in [2.05, 4.69) is 97.1 Å². The molecule has 8 rings (SSSR count). The highest BCUT2D eigenvalue weighted by Crippen LogP contribution is 2.58. The van der Waals surface area contributed by atoms with E-state index in [-0.39, 0.29) is 0 Å². The van der Waals surface area contributed by atoms with Gasteiger partial charge in [-0.25, -0.2) is 9.97 Å². The summed E-state index contributed by atoms with van der Waals surface area (Å²) in [4.78, 5) is 15.8. The zero-order chi connectivity index (χ0) is 28.1. The summed E-state index contributed by atoms with van der Waals surface area (Å²) in [7, 11) is 0. The lowest BCUT2D eigenvalue weighted by atomic mass is 9.68. The number of halogens is 1. The van der Waals surface area contributed by atoms with E-state index in [0.29, 0.717) is 0 Å². The molecule has 0 radical (unpaired) electrons. The summed E-state index contributed by atoms with van der Waals surface area (Å²) in [6.07, 6.45) is 1.82. The Morgan fingerprint density at radius 2 is 1.14 bits per heavy atom. The molecule has 1 atom stereocenters. The molecule has 0 aliphatic heterocycles. The molecule has 2 heterocycles. The summed E-state index contributed by atoms with van der Waals surface area (Å²) in [5.74, 6) is 0. The number of nitrogens with zero attached hydrogens (tertiary/aromatic N) is 3. The Morgan fingerprint density at radius 1 is 0.524 bits per heavy atom. The average molecular weight is 558 g/mol. The number of hydrogen-bond acceptors (Lipinski definition) is 3. The third-order valence-electron chi connectivity index (χ3n) is 8.26. The molecule has 0 saturated carbocycles. The molecule has 198 valence electrons. The molecule has 0 fully saturated rings. The fourth-order valence-electron chi connectivity index (χ4n) is 6.52. The van der Waals surface area contributed by atoms with Crippen molar-refractivity contribution in [1.29, 1.82) is 0 Å². The molecule has 3 nitrogen and oxygen atoms in total. The fourth-order valence-corrected chi connectivity index (χ4v) is 6.80. The van der Waals surface area contributed by atoms with Crippen molar-refractivity contribution in [3.05, 3.63) is 173 Å². The second kappa shape index (κ2) is 9.76. The van der Waals surface area contributed by atoms with Crippen molar-refractivity contribution in [3.8, 4) is 33.6 Å². The average Bonchev–Trinajstić information content (AvgIpc) is 3.37. The maximum Gasteiger partial charge on any atom is 0.115 e. The second-order valence-corrected chi connectivity index (χ2v) is 10.9. The van der Waals surface area contributed by atoms with Crippen LogP contribution in [0.25, 0.3) is 44.7 Å². The maximum absolute atomic E-state index is 7.01. The lowest BCUT2D eigenvalue weighted by Gasteiger charge is -2.34. The normalized spacial score (nSPS) is 15.4. The zero-order valence-electron chi connectivity index (χ0n) is 22.6. The van der Waals surface area contributed by atoms with Gasteiger partial charge in [0.15, 0.2) is 0 Å². The molecule has 0 amide bonds. The van der Waals surface area contributed by atoms with Crippen molar-refractivity contribution in [2.45, 2.75) is 5.41 Å². The molecule has 4 heteroatoms. The predicted octanol–water partition coefficient (Wildman–Crippen LogP) is 9.38. The minimum Gasteiger partial charge on any atom is -0.254 e. The first-order chi connectivity index (χ1) is 20.8. The van der Waals surface area contributed by atoms with E-state index < -0.39 is 5.41 Å². The van der Waals surface area contributed by atoms with Crippen LogP contribution >= 0.6 is 11.6 Å². The van der Waals surface area contributed by atoms with Crippen molar-refractivity contribution in [3.63, 3.8) is 0 Å². The summed E-state index contributed by atoms with van der Waals surface area (Å²) in [6, 6.07) is 47.9. The van der Waals surface area contributed by atoms with Gasteiger partial charge in [0.05, 0.1) is 28.0 Å². The summed E-state index contributed by atoms with van der Waals surface area (Å²) in [5, 5.41) is 0.722. The van der Waals surface area contributed by atoms with Crippen molar-refractivity contribution in [2.75, 3.05) is 0 Å². The van der Waals surface area contributed by atoms with Gasteiger partial charge < -0.3 is 0 Å². The molecule has 5 aromatic carbocycles. The van der Waals surface area contributed by atoms with Crippen molar-refractivity contribution >= 4 is 22.6 Å². The quantitative estimate of drug-likeness (QED) is 0.216. The summed E-state index contributed by atoms with van der Waals surface area (Å²) < 4.78 is 0. The Bertz CT molecular complexity index is 2090. The smallest absolute Gasteiger partial charge is 0.115 e. The standard InChI is InChI=1S/C38H24ClN3/c39-31-22-12-21-30-33(31)28-19-10-11-20-29(28)38(30,27-17-8-3-9-18-27)37-35(26-15-6-2-7-16-26)41-32-23-24-40-34(36(32)42-37)25-13-4-1-5-14-25/h1-24H. The van der Waals surface area contributed by atoms with E-state index in [1.807, 2.05) is 48.7 Å². The molecule has 0 spiro atoms. The van der Waals surface area contributed by atoms with Gasteiger partial charge in [0.25, 0.3) is 0 Å². The SMILES string of the molecule is Clc1cccc2c1-c1ccccc1C2(c1ccccc1)c1nc2c(-c3ccccc3)nccc2nc1-c1ccccc1. The van der Waals surface area contributed by atoms with Gasteiger partial charge in [-0.3, -0.25) is 4.98 Å². The first kappa shape index (κ1) is 24.7. The number of aromatic nitrogens is 3. The number of benzene rings is 5. The van der Waals surface area contributed by atoms with E-state index in [9.17, 15) is 0 Å². The monoisotopic (exact) mass is 557 g/mol. The van der Waals surface area contributed by atoms with Gasteiger partial charge in [0, 0.05) is 27.9 Å². The van der Waals surface area contributed by atoms with Crippen LogP contribution in [0, 0.1) is 0 Å². The molecule has 0 N–H and O–H groups in total. The van der Waals surface area contributed by atoms with Crippen molar-refractivity contribution in [1.82, 2.24) is 15.0 Å². The predicted molar refractivity (Wildman–Crippen MR) is 171 cm³/mol. The zero-order valence-corrected chi connectivity index (χ0v) is 23.3. The van der Waals surface area contributed by atoms with Crippen LogP contribution in [-0.2, 0) is 5.41 Å². The summed E-state index contributed by atoms with van der Waals surface area (Å²) in [6.45, 7) is 0. The molecule has 0 saturated heterocycles. The molecular weight excluding hydrogens is 534 g/mol. The van der Waals surface area contributed by atoms with Crippen molar-refractivity contribution < 1.29 is 0 Å². The van der Waals surface area contributed by atoms with Gasteiger partial charge in [-0.1, -0.05) is 139 Å². The first-order valence-electron chi connectivity index (χ1n) is 14.0. The number of pyridine rings is 1. The number of hydrogen-bond donors (Lipinski definition) is 0. The highest BCUT2D eigenvalue weighted by atomic mass is 35.5. The van der Waals surface area contributed by atoms with Crippen LogP contribution in [0.2, 0.25) is 5.02 Å². The topological polar surface area (TPSA) is 38.7 Å². The lowest BCUT2D eigenvalue weighted by molar-refractivity contribution is 0.737. The molecular formula is C38H24ClN3. The highest BCUT2D eigenvalue weighted by molar-refractivity contribution is 6.34. The van der Waals surface area contributed by atoms with E-state index >= 15 is 0 Å². The number of rotatable bonds is 4. The van der Waals surface area contributed by atoms with Crippen LogP contribution in [0.1, 0.15) is 22.4 Å².